The molecule has 0 fully saturated rings. The Morgan fingerprint density at radius 3 is 2.60 bits per heavy atom. The van der Waals surface area contributed by atoms with Crippen molar-refractivity contribution in [3.63, 3.8) is 0 Å². The van der Waals surface area contributed by atoms with Gasteiger partial charge in [0.05, 0.1) is 17.4 Å². The molecule has 0 aliphatic rings. The van der Waals surface area contributed by atoms with E-state index in [1.165, 1.54) is 0 Å². The van der Waals surface area contributed by atoms with E-state index in [1.54, 1.807) is 12.2 Å². The van der Waals surface area contributed by atoms with E-state index in [9.17, 15) is 4.21 Å². The van der Waals surface area contributed by atoms with Gasteiger partial charge in [-0.05, 0) is 24.6 Å². The van der Waals surface area contributed by atoms with Crippen LogP contribution < -0.4 is 0 Å². The second kappa shape index (κ2) is 6.32. The van der Waals surface area contributed by atoms with Gasteiger partial charge < -0.3 is 5.11 Å². The lowest BCUT2D eigenvalue weighted by Crippen LogP contribution is -1.96. The number of benzene rings is 1. The van der Waals surface area contributed by atoms with Gasteiger partial charge in [0.1, 0.15) is 0 Å². The highest BCUT2D eigenvalue weighted by Gasteiger charge is 2.07. The van der Waals surface area contributed by atoms with Gasteiger partial charge in [0.15, 0.2) is 0 Å². The van der Waals surface area contributed by atoms with Crippen LogP contribution in [0.5, 0.6) is 0 Å². The van der Waals surface area contributed by atoms with Crippen LogP contribution in [-0.4, -0.2) is 15.9 Å². The number of aliphatic hydroxyl groups is 1. The second-order valence-electron chi connectivity index (χ2n) is 2.93. The van der Waals surface area contributed by atoms with Crippen molar-refractivity contribution in [2.45, 2.75) is 11.3 Å². The average Bonchev–Trinajstić information content (AvgIpc) is 2.29. The molecule has 0 aromatic heterocycles. The van der Waals surface area contributed by atoms with Crippen molar-refractivity contribution >= 4 is 10.8 Å². The van der Waals surface area contributed by atoms with Gasteiger partial charge in [0.2, 0.25) is 0 Å². The summed E-state index contributed by atoms with van der Waals surface area (Å²) >= 11 is 0. The number of rotatable bonds is 5. The van der Waals surface area contributed by atoms with Crippen LogP contribution in [0.2, 0.25) is 0 Å². The Balaban J connectivity index is 2.91. The molecule has 0 aliphatic heterocycles. The third kappa shape index (κ3) is 3.46. The lowest BCUT2D eigenvalue weighted by molar-refractivity contribution is 0.342. The van der Waals surface area contributed by atoms with E-state index >= 15 is 0 Å². The molecule has 1 aromatic rings. The number of allylic oxidation sites excluding steroid dienone is 2. The predicted octanol–water partition coefficient (Wildman–Crippen LogP) is 2.25. The Labute approximate surface area is 92.4 Å². The summed E-state index contributed by atoms with van der Waals surface area (Å²) < 4.78 is 12.0. The molecular weight excluding hydrogens is 208 g/mol. The largest absolute Gasteiger partial charge is 0.392 e. The summed E-state index contributed by atoms with van der Waals surface area (Å²) in [4.78, 5) is 1.44. The van der Waals surface area contributed by atoms with Crippen molar-refractivity contribution in [3.05, 3.63) is 54.0 Å². The zero-order chi connectivity index (χ0) is 11.1. The summed E-state index contributed by atoms with van der Waals surface area (Å²) in [7, 11) is -1.19. The van der Waals surface area contributed by atoms with Crippen molar-refractivity contribution in [1.29, 1.82) is 0 Å². The lowest BCUT2D eigenvalue weighted by Gasteiger charge is -2.04. The molecule has 0 saturated heterocycles. The number of aliphatic hydroxyl groups excluding tert-OH is 1. The lowest BCUT2D eigenvalue weighted by atomic mass is 10.4. The Hall–Kier alpha value is -1.19. The maximum atomic E-state index is 12.0. The molecule has 0 aliphatic carbocycles. The fraction of sp³-hybridized carbons (Fsp3) is 0.167. The third-order valence-corrected chi connectivity index (χ3v) is 3.37. The first-order chi connectivity index (χ1) is 7.29. The first-order valence-corrected chi connectivity index (χ1v) is 5.82. The standard InChI is InChI=1S/C12H14O2S/c1-2-6-11(9-10-13)15(14)12-7-4-3-5-8-12/h2-5,7-9,13H,1,6,10H2/b11-9-. The molecule has 1 unspecified atom stereocenters. The minimum absolute atomic E-state index is 0.0955. The maximum absolute atomic E-state index is 12.0. The van der Waals surface area contributed by atoms with E-state index < -0.39 is 10.8 Å². The first kappa shape index (κ1) is 11.9. The van der Waals surface area contributed by atoms with Gasteiger partial charge in [-0.25, -0.2) is 4.21 Å². The van der Waals surface area contributed by atoms with Crippen LogP contribution >= 0.6 is 0 Å². The highest BCUT2D eigenvalue weighted by molar-refractivity contribution is 7.89. The molecule has 1 atom stereocenters. The zero-order valence-electron chi connectivity index (χ0n) is 8.43. The highest BCUT2D eigenvalue weighted by atomic mass is 32.2. The number of hydrogen-bond donors (Lipinski definition) is 1. The summed E-state index contributed by atoms with van der Waals surface area (Å²) in [6.45, 7) is 3.51. The van der Waals surface area contributed by atoms with Gasteiger partial charge >= 0.3 is 0 Å². The Bertz CT molecular complexity index is 368. The molecule has 0 spiro atoms. The smallest absolute Gasteiger partial charge is 0.0809 e. The van der Waals surface area contributed by atoms with Gasteiger partial charge in [0.25, 0.3) is 0 Å². The van der Waals surface area contributed by atoms with E-state index in [0.717, 1.165) is 4.90 Å². The van der Waals surface area contributed by atoms with Crippen molar-refractivity contribution in [2.75, 3.05) is 6.61 Å². The average molecular weight is 222 g/mol. The Morgan fingerprint density at radius 1 is 1.40 bits per heavy atom. The SMILES string of the molecule is C=CC/C(=C/CO)S(=O)c1ccccc1. The third-order valence-electron chi connectivity index (χ3n) is 1.86. The van der Waals surface area contributed by atoms with Gasteiger partial charge in [-0.15, -0.1) is 6.58 Å². The maximum Gasteiger partial charge on any atom is 0.0809 e. The minimum Gasteiger partial charge on any atom is -0.392 e. The van der Waals surface area contributed by atoms with Crippen LogP contribution in [0, 0.1) is 0 Å². The number of hydrogen-bond acceptors (Lipinski definition) is 2. The first-order valence-electron chi connectivity index (χ1n) is 4.67. The quantitative estimate of drug-likeness (QED) is 0.776. The molecule has 2 nitrogen and oxygen atoms in total. The summed E-state index contributed by atoms with van der Waals surface area (Å²) in [5, 5.41) is 8.81. The van der Waals surface area contributed by atoms with Gasteiger partial charge in [-0.3, -0.25) is 0 Å². The summed E-state index contributed by atoms with van der Waals surface area (Å²) in [5.41, 5.74) is 0. The van der Waals surface area contributed by atoms with Gasteiger partial charge in [-0.2, -0.15) is 0 Å². The molecule has 15 heavy (non-hydrogen) atoms. The van der Waals surface area contributed by atoms with Crippen molar-refractivity contribution in [2.24, 2.45) is 0 Å². The molecule has 1 aromatic carbocycles. The fourth-order valence-electron chi connectivity index (χ4n) is 1.17. The molecule has 1 rings (SSSR count). The van der Waals surface area contributed by atoms with Crippen molar-refractivity contribution in [3.8, 4) is 0 Å². The van der Waals surface area contributed by atoms with Crippen LogP contribution in [0.3, 0.4) is 0 Å². The van der Waals surface area contributed by atoms with Crippen LogP contribution in [0.25, 0.3) is 0 Å². The topological polar surface area (TPSA) is 37.3 Å². The van der Waals surface area contributed by atoms with E-state index in [2.05, 4.69) is 6.58 Å². The monoisotopic (exact) mass is 222 g/mol. The van der Waals surface area contributed by atoms with Crippen LogP contribution in [-0.2, 0) is 10.8 Å². The molecule has 3 heteroatoms. The van der Waals surface area contributed by atoms with Gasteiger partial charge in [0, 0.05) is 9.80 Å². The predicted molar refractivity (Wildman–Crippen MR) is 62.8 cm³/mol. The molecule has 0 bridgehead atoms. The molecule has 1 N–H and O–H groups in total. The van der Waals surface area contributed by atoms with E-state index in [-0.39, 0.29) is 6.61 Å². The minimum atomic E-state index is -1.19. The highest BCUT2D eigenvalue weighted by Crippen LogP contribution is 2.16. The zero-order valence-corrected chi connectivity index (χ0v) is 9.24. The van der Waals surface area contributed by atoms with E-state index in [0.29, 0.717) is 11.3 Å². The Kier molecular flexibility index (Phi) is 5.01. The fourth-order valence-corrected chi connectivity index (χ4v) is 2.38. The van der Waals surface area contributed by atoms with Gasteiger partial charge in [-0.1, -0.05) is 24.3 Å². The van der Waals surface area contributed by atoms with Crippen LogP contribution in [0.4, 0.5) is 0 Å². The second-order valence-corrected chi connectivity index (χ2v) is 4.46. The molecule has 0 amide bonds. The molecule has 0 heterocycles. The molecule has 0 radical (unpaired) electrons. The van der Waals surface area contributed by atoms with Crippen LogP contribution in [0.1, 0.15) is 6.42 Å². The van der Waals surface area contributed by atoms with Crippen molar-refractivity contribution < 1.29 is 9.32 Å². The summed E-state index contributed by atoms with van der Waals surface area (Å²) in [6.07, 6.45) is 3.79. The van der Waals surface area contributed by atoms with E-state index in [1.807, 2.05) is 30.3 Å². The van der Waals surface area contributed by atoms with Crippen LogP contribution in [0.15, 0.2) is 58.9 Å². The summed E-state index contributed by atoms with van der Waals surface area (Å²) in [5.74, 6) is 0. The van der Waals surface area contributed by atoms with Crippen molar-refractivity contribution in [1.82, 2.24) is 0 Å². The molecular formula is C12H14O2S. The normalized spacial score (nSPS) is 13.5. The summed E-state index contributed by atoms with van der Waals surface area (Å²) in [6, 6.07) is 9.19. The van der Waals surface area contributed by atoms with E-state index in [4.69, 9.17) is 5.11 Å². The molecule has 0 saturated carbocycles. The molecule has 80 valence electrons. The Morgan fingerprint density at radius 2 is 2.07 bits per heavy atom.